The molecule has 1 aromatic heterocycles. The van der Waals surface area contributed by atoms with Crippen LogP contribution in [0.15, 0.2) is 0 Å². The zero-order valence-corrected chi connectivity index (χ0v) is 10.4. The molecule has 1 aliphatic heterocycles. The van der Waals surface area contributed by atoms with Crippen molar-refractivity contribution in [3.63, 3.8) is 0 Å². The van der Waals surface area contributed by atoms with E-state index >= 15 is 0 Å². The molecule has 0 radical (unpaired) electrons. The van der Waals surface area contributed by atoms with E-state index in [-0.39, 0.29) is 6.10 Å². The first-order valence-electron chi connectivity index (χ1n) is 5.51. The molecule has 5 nitrogen and oxygen atoms in total. The van der Waals surface area contributed by atoms with Crippen LogP contribution in [-0.2, 0) is 11.3 Å². The number of aromatic nitrogens is 2. The quantitative estimate of drug-likeness (QED) is 0.809. The van der Waals surface area contributed by atoms with E-state index in [0.717, 1.165) is 18.1 Å². The highest BCUT2D eigenvalue weighted by molar-refractivity contribution is 7.13. The molecule has 1 aromatic rings. The summed E-state index contributed by atoms with van der Waals surface area (Å²) in [6, 6.07) is 0. The van der Waals surface area contributed by atoms with Gasteiger partial charge in [0.15, 0.2) is 0 Å². The molecule has 1 fully saturated rings. The van der Waals surface area contributed by atoms with Crippen molar-refractivity contribution in [1.82, 2.24) is 15.5 Å². The van der Waals surface area contributed by atoms with Crippen LogP contribution in [0.5, 0.6) is 5.19 Å². The van der Waals surface area contributed by atoms with Gasteiger partial charge in [0.1, 0.15) is 11.1 Å². The summed E-state index contributed by atoms with van der Waals surface area (Å²) in [5.74, 6) is 0.649. The van der Waals surface area contributed by atoms with Gasteiger partial charge in [0, 0.05) is 6.54 Å². The molecular formula is C10H17N3O2S. The SMILES string of the molecule is CC(C)CNCc1nnc(OC2COC2)s1. The molecule has 0 amide bonds. The molecule has 0 saturated carbocycles. The van der Waals surface area contributed by atoms with Gasteiger partial charge < -0.3 is 14.8 Å². The van der Waals surface area contributed by atoms with Gasteiger partial charge in [-0.25, -0.2) is 0 Å². The predicted molar refractivity (Wildman–Crippen MR) is 61.7 cm³/mol. The van der Waals surface area contributed by atoms with E-state index in [0.29, 0.717) is 24.3 Å². The number of ether oxygens (including phenoxy) is 2. The third-order valence-corrected chi connectivity index (χ3v) is 2.97. The molecular weight excluding hydrogens is 226 g/mol. The summed E-state index contributed by atoms with van der Waals surface area (Å²) in [4.78, 5) is 0. The first-order chi connectivity index (χ1) is 7.74. The van der Waals surface area contributed by atoms with Crippen molar-refractivity contribution in [3.05, 3.63) is 5.01 Å². The van der Waals surface area contributed by atoms with E-state index in [1.165, 1.54) is 11.3 Å². The predicted octanol–water partition coefficient (Wildman–Crippen LogP) is 1.06. The number of rotatable bonds is 6. The van der Waals surface area contributed by atoms with Crippen molar-refractivity contribution in [3.8, 4) is 5.19 Å². The average Bonchev–Trinajstić information content (AvgIpc) is 2.59. The zero-order valence-electron chi connectivity index (χ0n) is 9.60. The van der Waals surface area contributed by atoms with E-state index in [9.17, 15) is 0 Å². The fraction of sp³-hybridized carbons (Fsp3) is 0.800. The molecule has 1 saturated heterocycles. The number of nitrogens with zero attached hydrogens (tertiary/aromatic N) is 2. The second kappa shape index (κ2) is 5.56. The number of hydrogen-bond acceptors (Lipinski definition) is 6. The van der Waals surface area contributed by atoms with E-state index in [2.05, 4.69) is 29.4 Å². The van der Waals surface area contributed by atoms with Crippen LogP contribution in [0.4, 0.5) is 0 Å². The van der Waals surface area contributed by atoms with Gasteiger partial charge in [-0.3, -0.25) is 0 Å². The van der Waals surface area contributed by atoms with Crippen molar-refractivity contribution >= 4 is 11.3 Å². The Kier molecular flexibility index (Phi) is 4.09. The molecule has 1 N–H and O–H groups in total. The third-order valence-electron chi connectivity index (χ3n) is 2.15. The van der Waals surface area contributed by atoms with Crippen molar-refractivity contribution in [2.75, 3.05) is 19.8 Å². The van der Waals surface area contributed by atoms with Crippen LogP contribution in [0, 0.1) is 5.92 Å². The monoisotopic (exact) mass is 243 g/mol. The Morgan fingerprint density at radius 1 is 1.50 bits per heavy atom. The van der Waals surface area contributed by atoms with Crippen molar-refractivity contribution in [2.24, 2.45) is 5.92 Å². The molecule has 0 aliphatic carbocycles. The molecule has 1 aliphatic rings. The van der Waals surface area contributed by atoms with Crippen LogP contribution in [0.25, 0.3) is 0 Å². The summed E-state index contributed by atoms with van der Waals surface area (Å²) in [6.07, 6.45) is 0.171. The van der Waals surface area contributed by atoms with Gasteiger partial charge >= 0.3 is 0 Å². The second-order valence-electron chi connectivity index (χ2n) is 4.26. The highest BCUT2D eigenvalue weighted by atomic mass is 32.1. The van der Waals surface area contributed by atoms with Crippen LogP contribution in [0.3, 0.4) is 0 Å². The van der Waals surface area contributed by atoms with Crippen molar-refractivity contribution < 1.29 is 9.47 Å². The summed E-state index contributed by atoms with van der Waals surface area (Å²) in [5, 5.41) is 13.0. The maximum absolute atomic E-state index is 5.55. The smallest absolute Gasteiger partial charge is 0.294 e. The maximum atomic E-state index is 5.55. The molecule has 16 heavy (non-hydrogen) atoms. The minimum absolute atomic E-state index is 0.171. The molecule has 0 bridgehead atoms. The van der Waals surface area contributed by atoms with Gasteiger partial charge in [0.05, 0.1) is 13.2 Å². The lowest BCUT2D eigenvalue weighted by molar-refractivity contribution is -0.0799. The Morgan fingerprint density at radius 3 is 2.94 bits per heavy atom. The van der Waals surface area contributed by atoms with E-state index in [1.807, 2.05) is 0 Å². The van der Waals surface area contributed by atoms with Gasteiger partial charge in [-0.05, 0) is 12.5 Å². The molecule has 0 aromatic carbocycles. The summed E-state index contributed by atoms with van der Waals surface area (Å²) in [5.41, 5.74) is 0. The number of nitrogens with one attached hydrogen (secondary N) is 1. The van der Waals surface area contributed by atoms with Crippen LogP contribution in [0.1, 0.15) is 18.9 Å². The van der Waals surface area contributed by atoms with E-state index < -0.39 is 0 Å². The summed E-state index contributed by atoms with van der Waals surface area (Å²) in [7, 11) is 0. The Balaban J connectivity index is 1.73. The van der Waals surface area contributed by atoms with Crippen LogP contribution < -0.4 is 10.1 Å². The molecule has 90 valence electrons. The van der Waals surface area contributed by atoms with Gasteiger partial charge in [-0.1, -0.05) is 30.3 Å². The van der Waals surface area contributed by atoms with Crippen LogP contribution in [0.2, 0.25) is 0 Å². The summed E-state index contributed by atoms with van der Waals surface area (Å²) in [6.45, 7) is 7.45. The fourth-order valence-electron chi connectivity index (χ4n) is 1.25. The Hall–Kier alpha value is -0.720. The van der Waals surface area contributed by atoms with Crippen molar-refractivity contribution in [2.45, 2.75) is 26.5 Å². The molecule has 0 spiro atoms. The lowest BCUT2D eigenvalue weighted by atomic mass is 10.2. The highest BCUT2D eigenvalue weighted by Crippen LogP contribution is 2.20. The lowest BCUT2D eigenvalue weighted by Crippen LogP contribution is -2.38. The normalized spacial score (nSPS) is 16.4. The first-order valence-corrected chi connectivity index (χ1v) is 6.33. The summed E-state index contributed by atoms with van der Waals surface area (Å²) >= 11 is 1.50. The largest absolute Gasteiger partial charge is 0.461 e. The zero-order chi connectivity index (χ0) is 11.4. The Morgan fingerprint density at radius 2 is 2.31 bits per heavy atom. The van der Waals surface area contributed by atoms with Gasteiger partial charge in [0.2, 0.25) is 0 Å². The molecule has 2 rings (SSSR count). The first kappa shape index (κ1) is 11.8. The highest BCUT2D eigenvalue weighted by Gasteiger charge is 2.21. The van der Waals surface area contributed by atoms with Crippen LogP contribution in [-0.4, -0.2) is 36.1 Å². The maximum Gasteiger partial charge on any atom is 0.294 e. The number of hydrogen-bond donors (Lipinski definition) is 1. The minimum Gasteiger partial charge on any atom is -0.461 e. The lowest BCUT2D eigenvalue weighted by Gasteiger charge is -2.24. The fourth-order valence-corrected chi connectivity index (χ4v) is 1.97. The van der Waals surface area contributed by atoms with Gasteiger partial charge in [-0.15, -0.1) is 5.10 Å². The molecule has 6 heteroatoms. The molecule has 0 unspecified atom stereocenters. The molecule has 0 atom stereocenters. The Bertz CT molecular complexity index is 326. The topological polar surface area (TPSA) is 56.3 Å². The van der Waals surface area contributed by atoms with Gasteiger partial charge in [0.25, 0.3) is 5.19 Å². The standard InChI is InChI=1S/C10H17N3O2S/c1-7(2)3-11-4-9-12-13-10(16-9)15-8-5-14-6-8/h7-8,11H,3-6H2,1-2H3. The third kappa shape index (κ3) is 3.40. The van der Waals surface area contributed by atoms with E-state index in [1.54, 1.807) is 0 Å². The van der Waals surface area contributed by atoms with E-state index in [4.69, 9.17) is 9.47 Å². The Labute approximate surface area is 99.2 Å². The van der Waals surface area contributed by atoms with Crippen LogP contribution >= 0.6 is 11.3 Å². The van der Waals surface area contributed by atoms with Gasteiger partial charge in [-0.2, -0.15) is 0 Å². The summed E-state index contributed by atoms with van der Waals surface area (Å²) < 4.78 is 10.6. The molecule has 2 heterocycles. The average molecular weight is 243 g/mol. The second-order valence-corrected chi connectivity index (χ2v) is 5.29. The van der Waals surface area contributed by atoms with Crippen molar-refractivity contribution in [1.29, 1.82) is 0 Å². The minimum atomic E-state index is 0.171.